The molecule has 1 aliphatic rings. The van der Waals surface area contributed by atoms with Crippen LogP contribution in [0.3, 0.4) is 0 Å². The Labute approximate surface area is 154 Å². The van der Waals surface area contributed by atoms with E-state index in [1.54, 1.807) is 0 Å². The molecule has 134 valence electrons. The van der Waals surface area contributed by atoms with Gasteiger partial charge in [0.2, 0.25) is 0 Å². The number of nitrogens with one attached hydrogen (secondary N) is 1. The summed E-state index contributed by atoms with van der Waals surface area (Å²) in [5, 5.41) is 0.703. The minimum Gasteiger partial charge on any atom is -0.259 e. The maximum Gasteiger partial charge on any atom is 0.355 e. The van der Waals surface area contributed by atoms with Crippen molar-refractivity contribution in [2.24, 2.45) is 5.41 Å². The molecule has 3 nitrogen and oxygen atoms in total. The number of H-pyrrole nitrogens is 1. The highest BCUT2D eigenvalue weighted by molar-refractivity contribution is 7.06. The Morgan fingerprint density at radius 1 is 1.24 bits per heavy atom. The molecule has 0 bridgehead atoms. The SMILES string of the molecule is CC1=C(/C=C/C(C)=C/C=C/C(C)=C/c2nc(=O)[nH]s2)C(C)(C)CCC1. The molecule has 0 fully saturated rings. The Kier molecular flexibility index (Phi) is 6.54. The lowest BCUT2D eigenvalue weighted by Crippen LogP contribution is -2.19. The van der Waals surface area contributed by atoms with E-state index in [-0.39, 0.29) is 11.1 Å². The van der Waals surface area contributed by atoms with E-state index in [1.807, 2.05) is 25.2 Å². The zero-order valence-corrected chi connectivity index (χ0v) is 16.7. The molecule has 1 aromatic rings. The number of aromatic nitrogens is 2. The summed E-state index contributed by atoms with van der Waals surface area (Å²) >= 11 is 1.25. The highest BCUT2D eigenvalue weighted by Gasteiger charge is 2.26. The third-order valence-electron chi connectivity index (χ3n) is 4.58. The fraction of sp³-hybridized carbons (Fsp3) is 0.429. The lowest BCUT2D eigenvalue weighted by molar-refractivity contribution is 0.377. The molecule has 25 heavy (non-hydrogen) atoms. The van der Waals surface area contributed by atoms with Crippen LogP contribution in [0.4, 0.5) is 0 Å². The number of allylic oxidation sites excluding steroid dienone is 9. The molecule has 0 amide bonds. The van der Waals surface area contributed by atoms with Gasteiger partial charge in [-0.1, -0.05) is 55.4 Å². The molecular formula is C21H28N2OS. The van der Waals surface area contributed by atoms with Crippen molar-refractivity contribution in [3.05, 3.63) is 68.2 Å². The molecule has 0 saturated carbocycles. The summed E-state index contributed by atoms with van der Waals surface area (Å²) in [6.07, 6.45) is 16.3. The second-order valence-corrected chi connectivity index (χ2v) is 8.21. The lowest BCUT2D eigenvalue weighted by atomic mass is 9.72. The van der Waals surface area contributed by atoms with Crippen molar-refractivity contribution in [2.45, 2.75) is 53.9 Å². The first-order chi connectivity index (χ1) is 11.8. The molecular weight excluding hydrogens is 328 g/mol. The molecule has 4 heteroatoms. The fourth-order valence-corrected chi connectivity index (χ4v) is 3.79. The highest BCUT2D eigenvalue weighted by Crippen LogP contribution is 2.40. The zero-order valence-electron chi connectivity index (χ0n) is 15.8. The molecule has 0 spiro atoms. The van der Waals surface area contributed by atoms with E-state index >= 15 is 0 Å². The van der Waals surface area contributed by atoms with Gasteiger partial charge in [-0.25, -0.2) is 4.79 Å². The van der Waals surface area contributed by atoms with Crippen LogP contribution in [0.5, 0.6) is 0 Å². The number of nitrogens with zero attached hydrogens (tertiary/aromatic N) is 1. The standard InChI is InChI=1S/C21H28N2OS/c1-15(11-12-18-17(3)10-7-13-21(18,4)5)8-6-9-16(2)14-19-22-20(24)23-25-19/h6,8-9,11-12,14H,7,10,13H2,1-5H3,(H,23,24)/b9-6+,12-11+,15-8+,16-14+. The summed E-state index contributed by atoms with van der Waals surface area (Å²) in [6.45, 7) is 11.1. The van der Waals surface area contributed by atoms with Crippen molar-refractivity contribution < 1.29 is 0 Å². The van der Waals surface area contributed by atoms with E-state index in [4.69, 9.17) is 0 Å². The van der Waals surface area contributed by atoms with Crippen molar-refractivity contribution >= 4 is 17.6 Å². The van der Waals surface area contributed by atoms with E-state index in [0.29, 0.717) is 5.01 Å². The molecule has 0 atom stereocenters. The molecule has 1 aliphatic carbocycles. The Morgan fingerprint density at radius 2 is 2.00 bits per heavy atom. The normalized spacial score (nSPS) is 19.4. The molecule has 1 aromatic heterocycles. The fourth-order valence-electron chi connectivity index (χ4n) is 3.18. The van der Waals surface area contributed by atoms with E-state index in [1.165, 1.54) is 47.5 Å². The van der Waals surface area contributed by atoms with Crippen LogP contribution in [-0.2, 0) is 0 Å². The van der Waals surface area contributed by atoms with Gasteiger partial charge >= 0.3 is 5.69 Å². The summed E-state index contributed by atoms with van der Waals surface area (Å²) < 4.78 is 2.59. The number of aromatic amines is 1. The third kappa shape index (κ3) is 5.82. The van der Waals surface area contributed by atoms with Crippen LogP contribution >= 0.6 is 11.5 Å². The first-order valence-corrected chi connectivity index (χ1v) is 9.57. The minimum atomic E-state index is -0.288. The van der Waals surface area contributed by atoms with Gasteiger partial charge in [0, 0.05) is 0 Å². The first-order valence-electron chi connectivity index (χ1n) is 8.75. The highest BCUT2D eigenvalue weighted by atomic mass is 32.1. The Morgan fingerprint density at radius 3 is 2.64 bits per heavy atom. The maximum absolute atomic E-state index is 11.0. The van der Waals surface area contributed by atoms with Crippen molar-refractivity contribution in [3.63, 3.8) is 0 Å². The van der Waals surface area contributed by atoms with Crippen molar-refractivity contribution in [1.29, 1.82) is 0 Å². The largest absolute Gasteiger partial charge is 0.355 e. The van der Waals surface area contributed by atoms with Gasteiger partial charge in [-0.05, 0) is 74.2 Å². The predicted octanol–water partition coefficient (Wildman–Crippen LogP) is 5.82. The number of hydrogen-bond donors (Lipinski definition) is 1. The van der Waals surface area contributed by atoms with Crippen LogP contribution in [-0.4, -0.2) is 9.36 Å². The van der Waals surface area contributed by atoms with Gasteiger partial charge in [-0.15, -0.1) is 0 Å². The van der Waals surface area contributed by atoms with Crippen LogP contribution < -0.4 is 5.69 Å². The van der Waals surface area contributed by atoms with Crippen molar-refractivity contribution in [1.82, 2.24) is 9.36 Å². The van der Waals surface area contributed by atoms with Crippen molar-refractivity contribution in [3.8, 4) is 0 Å². The molecule has 2 rings (SSSR count). The van der Waals surface area contributed by atoms with E-state index in [2.05, 4.69) is 55.3 Å². The third-order valence-corrected chi connectivity index (χ3v) is 5.27. The minimum absolute atomic E-state index is 0.277. The number of hydrogen-bond acceptors (Lipinski definition) is 3. The summed E-state index contributed by atoms with van der Waals surface area (Å²) in [4.78, 5) is 14.9. The van der Waals surface area contributed by atoms with Gasteiger partial charge in [0.05, 0.1) is 0 Å². The summed E-state index contributed by atoms with van der Waals surface area (Å²) in [5.74, 6) is 0. The average molecular weight is 357 g/mol. The summed E-state index contributed by atoms with van der Waals surface area (Å²) in [5.41, 5.74) is 5.27. The van der Waals surface area contributed by atoms with Gasteiger partial charge in [0.25, 0.3) is 0 Å². The van der Waals surface area contributed by atoms with Crippen LogP contribution in [0.1, 0.15) is 58.9 Å². The predicted molar refractivity (Wildman–Crippen MR) is 109 cm³/mol. The van der Waals surface area contributed by atoms with Crippen LogP contribution in [0.25, 0.3) is 6.08 Å². The van der Waals surface area contributed by atoms with E-state index < -0.39 is 0 Å². The molecule has 0 saturated heterocycles. The van der Waals surface area contributed by atoms with Gasteiger partial charge in [0.1, 0.15) is 5.01 Å². The second kappa shape index (κ2) is 8.43. The molecule has 0 unspecified atom stereocenters. The van der Waals surface area contributed by atoms with Crippen molar-refractivity contribution in [2.75, 3.05) is 0 Å². The Bertz CT molecular complexity index is 813. The molecule has 0 radical (unpaired) electrons. The Hall–Kier alpha value is -1.94. The Balaban J connectivity index is 2.04. The topological polar surface area (TPSA) is 45.8 Å². The van der Waals surface area contributed by atoms with Gasteiger partial charge < -0.3 is 0 Å². The monoisotopic (exact) mass is 356 g/mol. The van der Waals surface area contributed by atoms with E-state index in [0.717, 1.165) is 5.57 Å². The van der Waals surface area contributed by atoms with Gasteiger partial charge in [-0.2, -0.15) is 4.98 Å². The quantitative estimate of drug-likeness (QED) is 0.676. The van der Waals surface area contributed by atoms with Gasteiger partial charge in [-0.3, -0.25) is 4.37 Å². The smallest absolute Gasteiger partial charge is 0.259 e. The molecule has 1 heterocycles. The average Bonchev–Trinajstić information content (AvgIpc) is 2.91. The number of rotatable bonds is 5. The van der Waals surface area contributed by atoms with E-state index in [9.17, 15) is 4.79 Å². The van der Waals surface area contributed by atoms with Crippen LogP contribution in [0, 0.1) is 5.41 Å². The molecule has 0 aromatic carbocycles. The van der Waals surface area contributed by atoms with Crippen LogP contribution in [0.15, 0.2) is 57.5 Å². The lowest BCUT2D eigenvalue weighted by Gasteiger charge is -2.32. The molecule has 0 aliphatic heterocycles. The first kappa shape index (κ1) is 19.4. The summed E-state index contributed by atoms with van der Waals surface area (Å²) in [7, 11) is 0. The van der Waals surface area contributed by atoms with Crippen LogP contribution in [0.2, 0.25) is 0 Å². The zero-order chi connectivity index (χ0) is 18.4. The van der Waals surface area contributed by atoms with Gasteiger partial charge in [0.15, 0.2) is 0 Å². The summed E-state index contributed by atoms with van der Waals surface area (Å²) in [6, 6.07) is 0. The maximum atomic E-state index is 11.0. The second-order valence-electron chi connectivity index (χ2n) is 7.38. The molecule has 1 N–H and O–H groups in total.